The van der Waals surface area contributed by atoms with Gasteiger partial charge in [0.25, 0.3) is 0 Å². The van der Waals surface area contributed by atoms with Crippen molar-refractivity contribution >= 4 is 0 Å². The Hall–Kier alpha value is -0.800. The largest absolute Gasteiger partial charge is 0.465 e. The van der Waals surface area contributed by atoms with E-state index >= 15 is 0 Å². The average Bonchev–Trinajstić information content (AvgIpc) is 2.73. The molecular formula is C15H28N2O. The maximum Gasteiger partial charge on any atom is 0.118 e. The van der Waals surface area contributed by atoms with E-state index in [-0.39, 0.29) is 0 Å². The van der Waals surface area contributed by atoms with Crippen LogP contribution in [-0.2, 0) is 6.54 Å². The van der Waals surface area contributed by atoms with Gasteiger partial charge in [-0.1, -0.05) is 13.3 Å². The first-order valence-corrected chi connectivity index (χ1v) is 7.09. The summed E-state index contributed by atoms with van der Waals surface area (Å²) in [7, 11) is 2.15. The van der Waals surface area contributed by atoms with Crippen LogP contribution in [-0.4, -0.2) is 25.0 Å². The van der Waals surface area contributed by atoms with Crippen LogP contribution in [0.15, 0.2) is 16.5 Å². The molecule has 1 aromatic heterocycles. The van der Waals surface area contributed by atoms with Crippen molar-refractivity contribution in [1.29, 1.82) is 0 Å². The van der Waals surface area contributed by atoms with Crippen molar-refractivity contribution in [3.8, 4) is 0 Å². The Morgan fingerprint density at radius 2 is 2.11 bits per heavy atom. The highest BCUT2D eigenvalue weighted by atomic mass is 16.3. The van der Waals surface area contributed by atoms with Gasteiger partial charge >= 0.3 is 0 Å². The third kappa shape index (κ3) is 5.69. The highest BCUT2D eigenvalue weighted by Gasteiger charge is 2.07. The molecule has 104 valence electrons. The first-order chi connectivity index (χ1) is 8.65. The lowest BCUT2D eigenvalue weighted by atomic mass is 9.97. The first-order valence-electron chi connectivity index (χ1n) is 7.09. The molecule has 18 heavy (non-hydrogen) atoms. The van der Waals surface area contributed by atoms with Crippen molar-refractivity contribution in [2.24, 2.45) is 11.7 Å². The number of aryl methyl sites for hydroxylation is 1. The molecule has 0 saturated heterocycles. The van der Waals surface area contributed by atoms with Crippen LogP contribution in [0, 0.1) is 12.8 Å². The molecule has 1 heterocycles. The Kier molecular flexibility index (Phi) is 7.06. The number of nitrogens with zero attached hydrogens (tertiary/aromatic N) is 1. The zero-order chi connectivity index (χ0) is 13.4. The second-order valence-electron chi connectivity index (χ2n) is 5.24. The minimum Gasteiger partial charge on any atom is -0.465 e. The molecule has 0 aromatic carbocycles. The molecule has 1 aromatic rings. The Morgan fingerprint density at radius 1 is 1.33 bits per heavy atom. The van der Waals surface area contributed by atoms with Gasteiger partial charge in [0.2, 0.25) is 0 Å². The van der Waals surface area contributed by atoms with Crippen LogP contribution in [0.4, 0.5) is 0 Å². The molecular weight excluding hydrogens is 224 g/mol. The minimum absolute atomic E-state index is 0.800. The molecule has 2 N–H and O–H groups in total. The lowest BCUT2D eigenvalue weighted by Crippen LogP contribution is -2.19. The Morgan fingerprint density at radius 3 is 2.67 bits per heavy atom. The molecule has 0 saturated carbocycles. The third-order valence-electron chi connectivity index (χ3n) is 3.53. The van der Waals surface area contributed by atoms with Crippen LogP contribution < -0.4 is 5.73 Å². The standard InChI is InChI=1S/C15H28N2O/c1-4-14(9-10-16)6-5-11-17(3)12-15-8-7-13(2)18-15/h7-8,14H,4-6,9-12,16H2,1-3H3. The van der Waals surface area contributed by atoms with E-state index in [1.807, 2.05) is 13.0 Å². The molecule has 0 amide bonds. The zero-order valence-corrected chi connectivity index (χ0v) is 12.1. The maximum absolute atomic E-state index is 5.62. The minimum atomic E-state index is 0.800. The van der Waals surface area contributed by atoms with Crippen LogP contribution in [0.25, 0.3) is 0 Å². The fraction of sp³-hybridized carbons (Fsp3) is 0.733. The highest BCUT2D eigenvalue weighted by molar-refractivity contribution is 5.05. The van der Waals surface area contributed by atoms with E-state index in [2.05, 4.69) is 24.9 Å². The van der Waals surface area contributed by atoms with Gasteiger partial charge in [-0.15, -0.1) is 0 Å². The predicted octanol–water partition coefficient (Wildman–Crippen LogP) is 3.18. The van der Waals surface area contributed by atoms with Gasteiger partial charge in [0.05, 0.1) is 6.54 Å². The van der Waals surface area contributed by atoms with E-state index in [1.54, 1.807) is 0 Å². The molecule has 1 unspecified atom stereocenters. The van der Waals surface area contributed by atoms with Gasteiger partial charge in [-0.05, 0) is 64.4 Å². The van der Waals surface area contributed by atoms with Crippen molar-refractivity contribution in [2.45, 2.75) is 46.1 Å². The summed E-state index contributed by atoms with van der Waals surface area (Å²) in [6.45, 7) is 7.10. The van der Waals surface area contributed by atoms with Gasteiger partial charge in [0.1, 0.15) is 11.5 Å². The fourth-order valence-corrected chi connectivity index (χ4v) is 2.35. The summed E-state index contributed by atoms with van der Waals surface area (Å²) in [5.41, 5.74) is 5.62. The van der Waals surface area contributed by atoms with E-state index in [0.29, 0.717) is 0 Å². The van der Waals surface area contributed by atoms with Crippen LogP contribution in [0.2, 0.25) is 0 Å². The fourth-order valence-electron chi connectivity index (χ4n) is 2.35. The first kappa shape index (κ1) is 15.3. The van der Waals surface area contributed by atoms with E-state index in [0.717, 1.165) is 43.5 Å². The van der Waals surface area contributed by atoms with Crippen molar-refractivity contribution in [2.75, 3.05) is 20.1 Å². The van der Waals surface area contributed by atoms with E-state index in [9.17, 15) is 0 Å². The maximum atomic E-state index is 5.62. The Balaban J connectivity index is 2.18. The van der Waals surface area contributed by atoms with Crippen LogP contribution in [0.3, 0.4) is 0 Å². The summed E-state index contributed by atoms with van der Waals surface area (Å²) in [6, 6.07) is 4.09. The molecule has 0 aliphatic carbocycles. The monoisotopic (exact) mass is 252 g/mol. The molecule has 3 heteroatoms. The molecule has 0 fully saturated rings. The van der Waals surface area contributed by atoms with Gasteiger partial charge in [0.15, 0.2) is 0 Å². The van der Waals surface area contributed by atoms with Gasteiger partial charge in [-0.2, -0.15) is 0 Å². The molecule has 3 nitrogen and oxygen atoms in total. The van der Waals surface area contributed by atoms with Crippen LogP contribution >= 0.6 is 0 Å². The number of hydrogen-bond donors (Lipinski definition) is 1. The van der Waals surface area contributed by atoms with Gasteiger partial charge in [-0.25, -0.2) is 0 Å². The normalized spacial score (nSPS) is 13.2. The molecule has 0 aliphatic heterocycles. The zero-order valence-electron chi connectivity index (χ0n) is 12.1. The third-order valence-corrected chi connectivity index (χ3v) is 3.53. The van der Waals surface area contributed by atoms with Crippen molar-refractivity contribution in [3.63, 3.8) is 0 Å². The highest BCUT2D eigenvalue weighted by Crippen LogP contribution is 2.15. The molecule has 1 atom stereocenters. The molecule has 1 rings (SSSR count). The van der Waals surface area contributed by atoms with Crippen LogP contribution in [0.1, 0.15) is 44.1 Å². The van der Waals surface area contributed by atoms with Crippen LogP contribution in [0.5, 0.6) is 0 Å². The van der Waals surface area contributed by atoms with E-state index in [4.69, 9.17) is 10.2 Å². The Labute approximate surface area is 111 Å². The molecule has 0 radical (unpaired) electrons. The predicted molar refractivity (Wildman–Crippen MR) is 76.5 cm³/mol. The number of nitrogens with two attached hydrogens (primary N) is 1. The second kappa shape index (κ2) is 8.33. The number of furan rings is 1. The number of rotatable bonds is 9. The topological polar surface area (TPSA) is 42.4 Å². The van der Waals surface area contributed by atoms with Crippen molar-refractivity contribution in [3.05, 3.63) is 23.7 Å². The molecule has 0 bridgehead atoms. The van der Waals surface area contributed by atoms with Gasteiger partial charge < -0.3 is 10.2 Å². The molecule has 0 spiro atoms. The molecule has 0 aliphatic rings. The smallest absolute Gasteiger partial charge is 0.118 e. The average molecular weight is 252 g/mol. The SMILES string of the molecule is CCC(CCN)CCCN(C)Cc1ccc(C)o1. The van der Waals surface area contributed by atoms with Crippen molar-refractivity contribution in [1.82, 2.24) is 4.90 Å². The summed E-state index contributed by atoms with van der Waals surface area (Å²) >= 11 is 0. The number of hydrogen-bond acceptors (Lipinski definition) is 3. The summed E-state index contributed by atoms with van der Waals surface area (Å²) < 4.78 is 5.58. The van der Waals surface area contributed by atoms with E-state index < -0.39 is 0 Å². The lowest BCUT2D eigenvalue weighted by Gasteiger charge is -2.18. The van der Waals surface area contributed by atoms with Gasteiger partial charge in [0, 0.05) is 0 Å². The quantitative estimate of drug-likeness (QED) is 0.734. The lowest BCUT2D eigenvalue weighted by molar-refractivity contribution is 0.275. The summed E-state index contributed by atoms with van der Waals surface area (Å²) in [5, 5.41) is 0. The van der Waals surface area contributed by atoms with Crippen molar-refractivity contribution < 1.29 is 4.42 Å². The van der Waals surface area contributed by atoms with E-state index in [1.165, 1.54) is 19.3 Å². The van der Waals surface area contributed by atoms with Gasteiger partial charge in [-0.3, -0.25) is 4.90 Å². The summed E-state index contributed by atoms with van der Waals surface area (Å²) in [5.74, 6) is 2.85. The summed E-state index contributed by atoms with van der Waals surface area (Å²) in [4.78, 5) is 2.33. The second-order valence-corrected chi connectivity index (χ2v) is 5.24. The Bertz CT molecular complexity index is 322. The summed E-state index contributed by atoms with van der Waals surface area (Å²) in [6.07, 6.45) is 4.94.